The van der Waals surface area contributed by atoms with Crippen molar-refractivity contribution in [2.45, 2.75) is 44.8 Å². The highest BCUT2D eigenvalue weighted by molar-refractivity contribution is 6.42. The van der Waals surface area contributed by atoms with Crippen molar-refractivity contribution < 1.29 is 4.79 Å². The van der Waals surface area contributed by atoms with Crippen molar-refractivity contribution in [3.05, 3.63) is 33.8 Å². The van der Waals surface area contributed by atoms with Crippen molar-refractivity contribution in [2.75, 3.05) is 0 Å². The minimum atomic E-state index is -0.414. The van der Waals surface area contributed by atoms with E-state index in [4.69, 9.17) is 28.9 Å². The van der Waals surface area contributed by atoms with Crippen LogP contribution in [0.5, 0.6) is 0 Å². The van der Waals surface area contributed by atoms with Gasteiger partial charge in [-0.2, -0.15) is 0 Å². The normalized spacial score (nSPS) is 16.2. The topological polar surface area (TPSA) is 46.3 Å². The molecule has 1 fully saturated rings. The Labute approximate surface area is 123 Å². The van der Waals surface area contributed by atoms with Gasteiger partial charge in [0.2, 0.25) is 5.91 Å². The van der Waals surface area contributed by atoms with E-state index < -0.39 is 6.04 Å². The lowest BCUT2D eigenvalue weighted by Crippen LogP contribution is -2.44. The first-order valence-electron chi connectivity index (χ1n) is 6.53. The van der Waals surface area contributed by atoms with Crippen LogP contribution in [0.4, 0.5) is 0 Å². The summed E-state index contributed by atoms with van der Waals surface area (Å²) in [6.45, 7) is 2.47. The number of carbonyl (C=O) groups excluding carboxylic acids is 1. The Bertz CT molecular complexity index is 475. The van der Waals surface area contributed by atoms with Gasteiger partial charge < -0.3 is 10.6 Å². The third-order valence-corrected chi connectivity index (χ3v) is 4.10. The van der Waals surface area contributed by atoms with Crippen molar-refractivity contribution >= 4 is 29.1 Å². The smallest absolute Gasteiger partial charge is 0.240 e. The fourth-order valence-electron chi connectivity index (χ4n) is 2.00. The molecule has 1 aliphatic carbocycles. The van der Waals surface area contributed by atoms with Crippen LogP contribution >= 0.6 is 23.2 Å². The first kappa shape index (κ1) is 14.6. The van der Waals surface area contributed by atoms with Crippen LogP contribution in [-0.2, 0) is 11.3 Å². The van der Waals surface area contributed by atoms with Crippen molar-refractivity contribution in [2.24, 2.45) is 5.73 Å². The molecule has 1 saturated carbocycles. The number of benzene rings is 1. The lowest BCUT2D eigenvalue weighted by Gasteiger charge is -2.25. The molecule has 0 saturated heterocycles. The highest BCUT2D eigenvalue weighted by Gasteiger charge is 2.34. The maximum atomic E-state index is 12.3. The number of hydrogen-bond acceptors (Lipinski definition) is 2. The second kappa shape index (κ2) is 6.12. The van der Waals surface area contributed by atoms with Gasteiger partial charge >= 0.3 is 0 Å². The van der Waals surface area contributed by atoms with Crippen molar-refractivity contribution in [3.8, 4) is 0 Å². The Morgan fingerprint density at radius 2 is 2.11 bits per heavy atom. The molecule has 2 N–H and O–H groups in total. The van der Waals surface area contributed by atoms with Gasteiger partial charge in [-0.05, 0) is 37.0 Å². The number of halogens is 2. The summed E-state index contributed by atoms with van der Waals surface area (Å²) >= 11 is 11.9. The molecule has 2 rings (SSSR count). The Morgan fingerprint density at radius 1 is 1.42 bits per heavy atom. The molecule has 1 amide bonds. The van der Waals surface area contributed by atoms with Gasteiger partial charge in [-0.15, -0.1) is 0 Å². The zero-order chi connectivity index (χ0) is 14.0. The standard InChI is InChI=1S/C14H18Cl2N2O/c1-2-13(17)14(19)18(10-4-5-10)8-9-3-6-11(15)12(16)7-9/h3,6-7,10,13H,2,4-5,8,17H2,1H3/t13-/m0/s1. The predicted molar refractivity (Wildman–Crippen MR) is 78.3 cm³/mol. The van der Waals surface area contributed by atoms with Gasteiger partial charge in [-0.1, -0.05) is 36.2 Å². The van der Waals surface area contributed by atoms with Gasteiger partial charge in [-0.25, -0.2) is 0 Å². The molecular weight excluding hydrogens is 283 g/mol. The van der Waals surface area contributed by atoms with Gasteiger partial charge in [0, 0.05) is 12.6 Å². The van der Waals surface area contributed by atoms with E-state index in [1.54, 1.807) is 6.07 Å². The number of nitrogens with two attached hydrogens (primary N) is 1. The number of amides is 1. The van der Waals surface area contributed by atoms with Crippen LogP contribution in [0.1, 0.15) is 31.7 Å². The molecule has 5 heteroatoms. The third-order valence-electron chi connectivity index (χ3n) is 3.36. The average molecular weight is 301 g/mol. The Morgan fingerprint density at radius 3 is 2.63 bits per heavy atom. The number of carbonyl (C=O) groups is 1. The predicted octanol–water partition coefficient (Wildman–Crippen LogP) is 3.22. The van der Waals surface area contributed by atoms with Crippen LogP contribution in [0.2, 0.25) is 10.0 Å². The zero-order valence-corrected chi connectivity index (χ0v) is 12.4. The number of hydrogen-bond donors (Lipinski definition) is 1. The summed E-state index contributed by atoms with van der Waals surface area (Å²) in [5, 5.41) is 1.04. The first-order valence-corrected chi connectivity index (χ1v) is 7.28. The number of nitrogens with zero attached hydrogens (tertiary/aromatic N) is 1. The van der Waals surface area contributed by atoms with Crippen LogP contribution in [0.15, 0.2) is 18.2 Å². The molecule has 0 aliphatic heterocycles. The van der Waals surface area contributed by atoms with E-state index in [-0.39, 0.29) is 5.91 Å². The van der Waals surface area contributed by atoms with Crippen LogP contribution < -0.4 is 5.73 Å². The van der Waals surface area contributed by atoms with Crippen molar-refractivity contribution in [1.29, 1.82) is 0 Å². The molecule has 0 radical (unpaired) electrons. The minimum Gasteiger partial charge on any atom is -0.334 e. The van der Waals surface area contributed by atoms with E-state index in [2.05, 4.69) is 0 Å². The maximum Gasteiger partial charge on any atom is 0.240 e. The SMILES string of the molecule is CC[C@H](N)C(=O)N(Cc1ccc(Cl)c(Cl)c1)C1CC1. The molecule has 19 heavy (non-hydrogen) atoms. The Hall–Kier alpha value is -0.770. The molecule has 0 unspecified atom stereocenters. The average Bonchev–Trinajstić information content (AvgIpc) is 3.22. The van der Waals surface area contributed by atoms with E-state index in [0.717, 1.165) is 18.4 Å². The van der Waals surface area contributed by atoms with Gasteiger partial charge in [0.05, 0.1) is 16.1 Å². The van der Waals surface area contributed by atoms with E-state index in [1.807, 2.05) is 24.0 Å². The van der Waals surface area contributed by atoms with Crippen LogP contribution in [0, 0.1) is 0 Å². The molecule has 0 aromatic heterocycles. The summed E-state index contributed by atoms with van der Waals surface area (Å²) in [6, 6.07) is 5.38. The Balaban J connectivity index is 2.12. The van der Waals surface area contributed by atoms with Crippen molar-refractivity contribution in [1.82, 2.24) is 4.90 Å². The second-order valence-electron chi connectivity index (χ2n) is 4.96. The lowest BCUT2D eigenvalue weighted by atomic mass is 10.1. The zero-order valence-electron chi connectivity index (χ0n) is 10.9. The molecule has 1 atom stereocenters. The minimum absolute atomic E-state index is 0.0241. The van der Waals surface area contributed by atoms with E-state index in [1.165, 1.54) is 0 Å². The summed E-state index contributed by atoms with van der Waals surface area (Å²) in [5.41, 5.74) is 6.84. The summed E-state index contributed by atoms with van der Waals surface area (Å²) in [7, 11) is 0. The number of rotatable bonds is 5. The van der Waals surface area contributed by atoms with Crippen LogP contribution in [0.25, 0.3) is 0 Å². The monoisotopic (exact) mass is 300 g/mol. The molecule has 3 nitrogen and oxygen atoms in total. The lowest BCUT2D eigenvalue weighted by molar-refractivity contribution is -0.133. The molecule has 0 heterocycles. The molecule has 0 spiro atoms. The van der Waals surface area contributed by atoms with Gasteiger partial charge in [-0.3, -0.25) is 4.79 Å². The molecule has 104 valence electrons. The molecule has 0 bridgehead atoms. The van der Waals surface area contributed by atoms with Crippen molar-refractivity contribution in [3.63, 3.8) is 0 Å². The van der Waals surface area contributed by atoms with E-state index in [9.17, 15) is 4.79 Å². The summed E-state index contributed by atoms with van der Waals surface area (Å²) < 4.78 is 0. The summed E-state index contributed by atoms with van der Waals surface area (Å²) in [5.74, 6) is 0.0241. The van der Waals surface area contributed by atoms with Gasteiger partial charge in [0.1, 0.15) is 0 Å². The van der Waals surface area contributed by atoms with E-state index in [0.29, 0.717) is 29.1 Å². The Kier molecular flexibility index (Phi) is 4.71. The van der Waals surface area contributed by atoms with E-state index >= 15 is 0 Å². The molecule has 1 aromatic rings. The van der Waals surface area contributed by atoms with Crippen LogP contribution in [-0.4, -0.2) is 22.9 Å². The fraction of sp³-hybridized carbons (Fsp3) is 0.500. The third kappa shape index (κ3) is 3.62. The molecular formula is C14H18Cl2N2O. The molecule has 1 aliphatic rings. The fourth-order valence-corrected chi connectivity index (χ4v) is 2.32. The van der Waals surface area contributed by atoms with Gasteiger partial charge in [0.15, 0.2) is 0 Å². The maximum absolute atomic E-state index is 12.3. The highest BCUT2D eigenvalue weighted by Crippen LogP contribution is 2.30. The largest absolute Gasteiger partial charge is 0.334 e. The second-order valence-corrected chi connectivity index (χ2v) is 5.77. The summed E-state index contributed by atoms with van der Waals surface area (Å²) in [6.07, 6.45) is 2.77. The quantitative estimate of drug-likeness (QED) is 0.907. The molecule has 1 aromatic carbocycles. The summed E-state index contributed by atoms with van der Waals surface area (Å²) in [4.78, 5) is 14.1. The highest BCUT2D eigenvalue weighted by atomic mass is 35.5. The van der Waals surface area contributed by atoms with Crippen LogP contribution in [0.3, 0.4) is 0 Å². The van der Waals surface area contributed by atoms with Gasteiger partial charge in [0.25, 0.3) is 0 Å². The first-order chi connectivity index (χ1) is 9.02.